The zero-order chi connectivity index (χ0) is 16.8. The van der Waals surface area contributed by atoms with Crippen molar-refractivity contribution in [2.75, 3.05) is 44.4 Å². The summed E-state index contributed by atoms with van der Waals surface area (Å²) in [5.41, 5.74) is 6.09. The maximum atomic E-state index is 8.06. The fourth-order valence-corrected chi connectivity index (χ4v) is 2.69. The molecule has 0 spiro atoms. The van der Waals surface area contributed by atoms with Crippen molar-refractivity contribution in [2.24, 2.45) is 5.73 Å². The van der Waals surface area contributed by atoms with E-state index in [0.29, 0.717) is 25.5 Å². The molecular formula is C16H23N5O3. The molecule has 2 aliphatic rings. The molecule has 1 aromatic rings. The summed E-state index contributed by atoms with van der Waals surface area (Å²) in [6.07, 6.45) is 4.95. The Balaban J connectivity index is 1.79. The van der Waals surface area contributed by atoms with Gasteiger partial charge in [0.1, 0.15) is 12.4 Å². The van der Waals surface area contributed by atoms with Gasteiger partial charge < -0.3 is 24.8 Å². The summed E-state index contributed by atoms with van der Waals surface area (Å²) >= 11 is 0. The van der Waals surface area contributed by atoms with Crippen LogP contribution >= 0.6 is 0 Å². The summed E-state index contributed by atoms with van der Waals surface area (Å²) in [6, 6.07) is 2.05. The first kappa shape index (κ1) is 16.7. The standard InChI is InChI=1S/C16H23N5O3/c17-4-3-13(18)14-10-15(21-5-8-22-9-6-21)20-16(19-14)24-11-12-2-1-7-23-12/h3-4,10,12,18H,1-2,5-9,11,17H2/b4-3-,18-13?. The third-order valence-corrected chi connectivity index (χ3v) is 3.99. The van der Waals surface area contributed by atoms with E-state index in [1.165, 1.54) is 12.3 Å². The number of nitrogens with zero attached hydrogens (tertiary/aromatic N) is 3. The molecule has 1 aromatic heterocycles. The van der Waals surface area contributed by atoms with E-state index in [-0.39, 0.29) is 17.8 Å². The van der Waals surface area contributed by atoms with E-state index in [1.807, 2.05) is 0 Å². The highest BCUT2D eigenvalue weighted by molar-refractivity contribution is 6.05. The average Bonchev–Trinajstić information content (AvgIpc) is 3.14. The first-order valence-corrected chi connectivity index (χ1v) is 8.19. The van der Waals surface area contributed by atoms with E-state index in [4.69, 9.17) is 25.4 Å². The molecule has 3 heterocycles. The van der Waals surface area contributed by atoms with Crippen molar-refractivity contribution >= 4 is 11.5 Å². The first-order valence-electron chi connectivity index (χ1n) is 8.19. The molecule has 8 heteroatoms. The second kappa shape index (κ2) is 8.07. The fourth-order valence-electron chi connectivity index (χ4n) is 2.69. The van der Waals surface area contributed by atoms with Crippen LogP contribution in [0.15, 0.2) is 18.3 Å². The van der Waals surface area contributed by atoms with Crippen LogP contribution in [0, 0.1) is 5.41 Å². The Morgan fingerprint density at radius 2 is 2.21 bits per heavy atom. The molecule has 1 atom stereocenters. The van der Waals surface area contributed by atoms with Crippen molar-refractivity contribution in [2.45, 2.75) is 18.9 Å². The van der Waals surface area contributed by atoms with E-state index < -0.39 is 0 Å². The van der Waals surface area contributed by atoms with Crippen molar-refractivity contribution < 1.29 is 14.2 Å². The fraction of sp³-hybridized carbons (Fsp3) is 0.562. The quantitative estimate of drug-likeness (QED) is 0.738. The zero-order valence-electron chi connectivity index (χ0n) is 13.6. The third-order valence-electron chi connectivity index (χ3n) is 3.99. The lowest BCUT2D eigenvalue weighted by Crippen LogP contribution is -2.37. The van der Waals surface area contributed by atoms with Gasteiger partial charge in [-0.2, -0.15) is 9.97 Å². The monoisotopic (exact) mass is 333 g/mol. The van der Waals surface area contributed by atoms with Crippen molar-refractivity contribution in [3.8, 4) is 6.01 Å². The molecule has 1 unspecified atom stereocenters. The predicted molar refractivity (Wildman–Crippen MR) is 89.7 cm³/mol. The number of hydrogen-bond donors (Lipinski definition) is 2. The van der Waals surface area contributed by atoms with Crippen LogP contribution in [0.3, 0.4) is 0 Å². The molecule has 130 valence electrons. The summed E-state index contributed by atoms with van der Waals surface area (Å²) < 4.78 is 16.7. The maximum Gasteiger partial charge on any atom is 0.319 e. The number of anilines is 1. The van der Waals surface area contributed by atoms with Crippen LogP contribution in [0.4, 0.5) is 5.82 Å². The van der Waals surface area contributed by atoms with E-state index in [2.05, 4.69) is 14.9 Å². The van der Waals surface area contributed by atoms with Gasteiger partial charge in [0.05, 0.1) is 30.7 Å². The molecule has 2 fully saturated rings. The van der Waals surface area contributed by atoms with Gasteiger partial charge in [-0.05, 0) is 25.1 Å². The summed E-state index contributed by atoms with van der Waals surface area (Å²) in [4.78, 5) is 10.9. The normalized spacial score (nSPS) is 21.3. The lowest BCUT2D eigenvalue weighted by Gasteiger charge is -2.28. The summed E-state index contributed by atoms with van der Waals surface area (Å²) in [5.74, 6) is 0.737. The van der Waals surface area contributed by atoms with E-state index in [0.717, 1.165) is 38.4 Å². The van der Waals surface area contributed by atoms with Gasteiger partial charge in [-0.25, -0.2) is 0 Å². The number of hydrogen-bond acceptors (Lipinski definition) is 8. The number of nitrogens with two attached hydrogens (primary N) is 1. The zero-order valence-corrected chi connectivity index (χ0v) is 13.6. The van der Waals surface area contributed by atoms with Crippen molar-refractivity contribution in [3.63, 3.8) is 0 Å². The molecule has 8 nitrogen and oxygen atoms in total. The molecule has 0 aliphatic carbocycles. The number of rotatable bonds is 6. The summed E-state index contributed by atoms with van der Waals surface area (Å²) in [5, 5.41) is 8.06. The molecule has 24 heavy (non-hydrogen) atoms. The summed E-state index contributed by atoms with van der Waals surface area (Å²) in [6.45, 7) is 4.02. The number of nitrogens with one attached hydrogen (secondary N) is 1. The van der Waals surface area contributed by atoms with E-state index in [1.54, 1.807) is 6.07 Å². The molecule has 3 rings (SSSR count). The second-order valence-electron chi connectivity index (χ2n) is 5.71. The van der Waals surface area contributed by atoms with Crippen LogP contribution in [0.5, 0.6) is 6.01 Å². The highest BCUT2D eigenvalue weighted by Crippen LogP contribution is 2.19. The Kier molecular flexibility index (Phi) is 5.60. The van der Waals surface area contributed by atoms with Gasteiger partial charge in [-0.3, -0.25) is 5.41 Å². The lowest BCUT2D eigenvalue weighted by molar-refractivity contribution is 0.0645. The van der Waals surface area contributed by atoms with E-state index in [9.17, 15) is 0 Å². The Morgan fingerprint density at radius 3 is 2.92 bits per heavy atom. The highest BCUT2D eigenvalue weighted by atomic mass is 16.5. The van der Waals surface area contributed by atoms with Gasteiger partial charge in [-0.1, -0.05) is 0 Å². The first-order chi connectivity index (χ1) is 11.8. The largest absolute Gasteiger partial charge is 0.461 e. The van der Waals surface area contributed by atoms with Crippen LogP contribution in [-0.4, -0.2) is 61.3 Å². The maximum absolute atomic E-state index is 8.06. The van der Waals surface area contributed by atoms with Gasteiger partial charge in [0.2, 0.25) is 0 Å². The van der Waals surface area contributed by atoms with Crippen LogP contribution in [0.25, 0.3) is 0 Å². The molecule has 2 aliphatic heterocycles. The molecular weight excluding hydrogens is 310 g/mol. The van der Waals surface area contributed by atoms with Crippen molar-refractivity contribution in [1.82, 2.24) is 9.97 Å². The second-order valence-corrected chi connectivity index (χ2v) is 5.71. The van der Waals surface area contributed by atoms with Gasteiger partial charge >= 0.3 is 6.01 Å². The minimum Gasteiger partial charge on any atom is -0.461 e. The Labute approximate surface area is 141 Å². The minimum atomic E-state index is 0.0903. The van der Waals surface area contributed by atoms with Gasteiger partial charge in [0.25, 0.3) is 0 Å². The molecule has 2 saturated heterocycles. The molecule has 0 saturated carbocycles. The van der Waals surface area contributed by atoms with Crippen LogP contribution in [-0.2, 0) is 9.47 Å². The Morgan fingerprint density at radius 1 is 1.38 bits per heavy atom. The predicted octanol–water partition coefficient (Wildman–Crippen LogP) is 0.711. The molecule has 0 amide bonds. The van der Waals surface area contributed by atoms with E-state index >= 15 is 0 Å². The minimum absolute atomic E-state index is 0.0903. The Hall–Kier alpha value is -2.19. The van der Waals surface area contributed by atoms with Crippen molar-refractivity contribution in [1.29, 1.82) is 5.41 Å². The van der Waals surface area contributed by atoms with Crippen molar-refractivity contribution in [3.05, 3.63) is 24.0 Å². The molecule has 0 bridgehead atoms. The Bertz CT molecular complexity index is 595. The van der Waals surface area contributed by atoms with Crippen LogP contribution in [0.2, 0.25) is 0 Å². The summed E-state index contributed by atoms with van der Waals surface area (Å²) in [7, 11) is 0. The molecule has 0 aromatic carbocycles. The number of ether oxygens (including phenoxy) is 3. The smallest absolute Gasteiger partial charge is 0.319 e. The molecule has 0 radical (unpaired) electrons. The number of aromatic nitrogens is 2. The number of allylic oxidation sites excluding steroid dienone is 1. The van der Waals surface area contributed by atoms with Gasteiger partial charge in [0, 0.05) is 25.8 Å². The van der Waals surface area contributed by atoms with Gasteiger partial charge in [-0.15, -0.1) is 0 Å². The van der Waals surface area contributed by atoms with Crippen LogP contribution in [0.1, 0.15) is 18.5 Å². The topological polar surface area (TPSA) is 107 Å². The third kappa shape index (κ3) is 4.21. The number of morpholine rings is 1. The average molecular weight is 333 g/mol. The highest BCUT2D eigenvalue weighted by Gasteiger charge is 2.19. The SMILES string of the molecule is N=C(/C=C\N)c1cc(N2CCOCC2)nc(OCC2CCCO2)n1. The lowest BCUT2D eigenvalue weighted by atomic mass is 10.2. The molecule has 3 N–H and O–H groups in total. The van der Waals surface area contributed by atoms with Crippen LogP contribution < -0.4 is 15.4 Å². The van der Waals surface area contributed by atoms with Gasteiger partial charge in [0.15, 0.2) is 0 Å².